The molecule has 0 saturated heterocycles. The highest BCUT2D eigenvalue weighted by molar-refractivity contribution is 7.89. The molecule has 12 heteroatoms. The average Bonchev–Trinajstić information content (AvgIpc) is 3.19. The fourth-order valence-corrected chi connectivity index (χ4v) is 6.47. The number of amidine groups is 1. The summed E-state index contributed by atoms with van der Waals surface area (Å²) < 4.78 is 68.6. The summed E-state index contributed by atoms with van der Waals surface area (Å²) in [5.41, 5.74) is -0.0951. The Bertz CT molecular complexity index is 1410. The smallest absolute Gasteiger partial charge is 0.264 e. The van der Waals surface area contributed by atoms with E-state index in [1.54, 1.807) is 38.1 Å². The summed E-state index contributed by atoms with van der Waals surface area (Å²) >= 11 is 5.80. The van der Waals surface area contributed by atoms with Crippen molar-refractivity contribution in [3.05, 3.63) is 77.2 Å². The van der Waals surface area contributed by atoms with Gasteiger partial charge in [-0.2, -0.15) is 0 Å². The summed E-state index contributed by atoms with van der Waals surface area (Å²) in [6, 6.07) is 11.2. The second kappa shape index (κ2) is 11.4. The zero-order chi connectivity index (χ0) is 29.3. The number of sulfonamides is 1. The number of rotatable bonds is 11. The normalized spacial score (nSPS) is 19.8. The number of amides is 1. The van der Waals surface area contributed by atoms with Gasteiger partial charge in [-0.1, -0.05) is 42.4 Å². The van der Waals surface area contributed by atoms with Crippen molar-refractivity contribution in [3.63, 3.8) is 0 Å². The van der Waals surface area contributed by atoms with E-state index < -0.39 is 33.3 Å². The molecule has 4 rings (SSSR count). The number of alkyl halides is 2. The lowest BCUT2D eigenvalue weighted by Crippen LogP contribution is -2.52. The third-order valence-electron chi connectivity index (χ3n) is 7.07. The first kappa shape index (κ1) is 29.9. The van der Waals surface area contributed by atoms with Gasteiger partial charge in [0, 0.05) is 31.5 Å². The number of allylic oxidation sites excluding steroid dienone is 1. The minimum Gasteiger partial charge on any atom is -0.366 e. The number of benzene rings is 2. The Morgan fingerprint density at radius 1 is 1.20 bits per heavy atom. The number of aliphatic imine (C=N–C) groups is 1. The molecule has 40 heavy (non-hydrogen) atoms. The van der Waals surface area contributed by atoms with Crippen molar-refractivity contribution in [2.45, 2.75) is 68.5 Å². The van der Waals surface area contributed by atoms with E-state index in [1.165, 1.54) is 24.3 Å². The number of hydrogen-bond donors (Lipinski definition) is 2. The van der Waals surface area contributed by atoms with Gasteiger partial charge in [-0.15, -0.1) is 0 Å². The summed E-state index contributed by atoms with van der Waals surface area (Å²) in [6.45, 7) is 7.63. The molecule has 2 N–H and O–H groups in total. The molecule has 1 saturated carbocycles. The van der Waals surface area contributed by atoms with Gasteiger partial charge in [-0.3, -0.25) is 14.1 Å². The molecule has 1 aliphatic carbocycles. The predicted octanol–water partition coefficient (Wildman–Crippen LogP) is 5.27. The van der Waals surface area contributed by atoms with Crippen LogP contribution in [-0.4, -0.2) is 48.5 Å². The topological polar surface area (TPSA) is 90.9 Å². The highest BCUT2D eigenvalue weighted by atomic mass is 35.5. The summed E-state index contributed by atoms with van der Waals surface area (Å²) in [5, 5.41) is 5.87. The Balaban J connectivity index is 1.46. The number of nitrogens with one attached hydrogen (secondary N) is 2. The Morgan fingerprint density at radius 2 is 1.88 bits per heavy atom. The van der Waals surface area contributed by atoms with E-state index in [-0.39, 0.29) is 66.2 Å². The molecule has 1 fully saturated rings. The van der Waals surface area contributed by atoms with Gasteiger partial charge in [0.1, 0.15) is 5.82 Å². The summed E-state index contributed by atoms with van der Waals surface area (Å²) in [7, 11) is -4.03. The van der Waals surface area contributed by atoms with Crippen LogP contribution < -0.4 is 10.6 Å². The van der Waals surface area contributed by atoms with E-state index in [0.717, 1.165) is 4.31 Å². The van der Waals surface area contributed by atoms with Gasteiger partial charge in [-0.05, 0) is 56.0 Å². The molecule has 0 spiro atoms. The molecule has 216 valence electrons. The molecule has 7 nitrogen and oxygen atoms in total. The third kappa shape index (κ3) is 6.80. The van der Waals surface area contributed by atoms with Crippen molar-refractivity contribution in [1.29, 1.82) is 0 Å². The van der Waals surface area contributed by atoms with Crippen molar-refractivity contribution < 1.29 is 26.4 Å². The van der Waals surface area contributed by atoms with Crippen LogP contribution in [0.2, 0.25) is 5.02 Å². The van der Waals surface area contributed by atoms with Gasteiger partial charge in [0.05, 0.1) is 27.8 Å². The number of carbonyl (C=O) groups is 1. The molecule has 0 radical (unpaired) electrons. The maximum absolute atomic E-state index is 14.1. The van der Waals surface area contributed by atoms with Crippen LogP contribution in [0.25, 0.3) is 0 Å². The van der Waals surface area contributed by atoms with Crippen molar-refractivity contribution in [3.8, 4) is 0 Å². The second-order valence-electron chi connectivity index (χ2n) is 10.8. The predicted molar refractivity (Wildman–Crippen MR) is 148 cm³/mol. The second-order valence-corrected chi connectivity index (χ2v) is 13.1. The van der Waals surface area contributed by atoms with Gasteiger partial charge in [0.15, 0.2) is 6.04 Å². The SMILES string of the molecule is C=C(CCC1=N[C@@H](C(=O)NCC2CC(F)(F)C2)C(C)(C)N1)N(Cc1ccc(Cl)c(F)c1)S(=O)(=O)c1ccccc1. The molecule has 1 amide bonds. The molecular formula is C28H32ClF3N4O3S. The summed E-state index contributed by atoms with van der Waals surface area (Å²) in [6.07, 6.45) is -0.0330. The lowest BCUT2D eigenvalue weighted by atomic mass is 9.81. The molecule has 1 aliphatic heterocycles. The maximum atomic E-state index is 14.1. The molecule has 1 atom stereocenters. The first-order valence-corrected chi connectivity index (χ1v) is 14.7. The number of hydrogen-bond acceptors (Lipinski definition) is 5. The van der Waals surface area contributed by atoms with E-state index in [4.69, 9.17) is 11.6 Å². The zero-order valence-corrected chi connectivity index (χ0v) is 23.8. The largest absolute Gasteiger partial charge is 0.366 e. The van der Waals surface area contributed by atoms with Gasteiger partial charge in [0.2, 0.25) is 11.8 Å². The van der Waals surface area contributed by atoms with Gasteiger partial charge < -0.3 is 10.6 Å². The van der Waals surface area contributed by atoms with Crippen LogP contribution in [0.3, 0.4) is 0 Å². The minimum atomic E-state index is -4.03. The van der Waals surface area contributed by atoms with Crippen LogP contribution in [0.15, 0.2) is 70.7 Å². The number of halogens is 4. The van der Waals surface area contributed by atoms with Gasteiger partial charge >= 0.3 is 0 Å². The Morgan fingerprint density at radius 3 is 2.50 bits per heavy atom. The van der Waals surface area contributed by atoms with Gasteiger partial charge in [-0.25, -0.2) is 21.6 Å². The fraction of sp³-hybridized carbons (Fsp3) is 0.429. The summed E-state index contributed by atoms with van der Waals surface area (Å²) in [5.74, 6) is -3.43. The van der Waals surface area contributed by atoms with Gasteiger partial charge in [0.25, 0.3) is 10.0 Å². The molecule has 0 bridgehead atoms. The molecule has 1 heterocycles. The van der Waals surface area contributed by atoms with E-state index in [2.05, 4.69) is 22.2 Å². The van der Waals surface area contributed by atoms with Crippen molar-refractivity contribution in [1.82, 2.24) is 14.9 Å². The lowest BCUT2D eigenvalue weighted by Gasteiger charge is -2.35. The Hall–Kier alpha value is -3.05. The minimum absolute atomic E-state index is 0.0593. The zero-order valence-electron chi connectivity index (χ0n) is 22.3. The maximum Gasteiger partial charge on any atom is 0.264 e. The van der Waals surface area contributed by atoms with Crippen LogP contribution in [-0.2, 0) is 21.4 Å². The lowest BCUT2D eigenvalue weighted by molar-refractivity contribution is -0.128. The van der Waals surface area contributed by atoms with E-state index in [1.807, 2.05) is 0 Å². The Labute approximate surface area is 237 Å². The van der Waals surface area contributed by atoms with E-state index in [0.29, 0.717) is 11.4 Å². The fourth-order valence-electron chi connectivity index (χ4n) is 4.85. The first-order chi connectivity index (χ1) is 18.7. The highest BCUT2D eigenvalue weighted by Crippen LogP contribution is 2.42. The van der Waals surface area contributed by atoms with Crippen molar-refractivity contribution in [2.75, 3.05) is 6.54 Å². The monoisotopic (exact) mass is 596 g/mol. The Kier molecular flexibility index (Phi) is 8.56. The van der Waals surface area contributed by atoms with Crippen LogP contribution in [0, 0.1) is 11.7 Å². The van der Waals surface area contributed by atoms with Crippen molar-refractivity contribution >= 4 is 33.4 Å². The molecule has 0 unspecified atom stereocenters. The quantitative estimate of drug-likeness (QED) is 0.370. The average molecular weight is 597 g/mol. The van der Waals surface area contributed by atoms with E-state index >= 15 is 0 Å². The standard InChI is InChI=1S/C28H32ClF3N4O3S/c1-18(9-12-24-34-25(27(2,3)35-24)26(37)33-16-20-14-28(31,32)15-20)36(17-19-10-11-22(29)23(30)13-19)40(38,39)21-7-5-4-6-8-21/h4-8,10-11,13,20,25H,1,9,12,14-17H2,2-3H3,(H,33,37)(H,34,35)/t25-/m0/s1. The molecular weight excluding hydrogens is 565 g/mol. The molecule has 2 aliphatic rings. The van der Waals surface area contributed by atoms with Crippen LogP contribution in [0.4, 0.5) is 13.2 Å². The third-order valence-corrected chi connectivity index (χ3v) is 9.21. The van der Waals surface area contributed by atoms with Crippen LogP contribution in [0.1, 0.15) is 45.1 Å². The van der Waals surface area contributed by atoms with Crippen molar-refractivity contribution in [2.24, 2.45) is 10.9 Å². The van der Waals surface area contributed by atoms with Crippen LogP contribution in [0.5, 0.6) is 0 Å². The number of carbonyl (C=O) groups excluding carboxylic acids is 1. The van der Waals surface area contributed by atoms with E-state index in [9.17, 15) is 26.4 Å². The summed E-state index contributed by atoms with van der Waals surface area (Å²) in [4.78, 5) is 17.4. The molecule has 2 aromatic rings. The molecule has 2 aromatic carbocycles. The first-order valence-electron chi connectivity index (χ1n) is 12.9. The molecule has 0 aromatic heterocycles. The van der Waals surface area contributed by atoms with Crippen LogP contribution >= 0.6 is 11.6 Å². The number of nitrogens with zero attached hydrogens (tertiary/aromatic N) is 2. The highest BCUT2D eigenvalue weighted by Gasteiger charge is 2.46.